The number of aryl methyl sites for hydroxylation is 1. The molecular formula is C15H12ClNO2. The number of hydrogen-bond acceptors (Lipinski definition) is 2. The molecule has 0 atom stereocenters. The number of carbonyl (C=O) groups is 1. The number of halogens is 1. The van der Waals surface area contributed by atoms with Crippen molar-refractivity contribution < 1.29 is 9.90 Å². The van der Waals surface area contributed by atoms with E-state index in [4.69, 9.17) is 16.7 Å². The van der Waals surface area contributed by atoms with Crippen molar-refractivity contribution in [2.45, 2.75) is 6.92 Å². The zero-order chi connectivity index (χ0) is 13.8. The lowest BCUT2D eigenvalue weighted by Crippen LogP contribution is -1.95. The molecule has 19 heavy (non-hydrogen) atoms. The van der Waals surface area contributed by atoms with E-state index < -0.39 is 5.97 Å². The molecule has 0 spiro atoms. The highest BCUT2D eigenvalue weighted by atomic mass is 35.5. The summed E-state index contributed by atoms with van der Waals surface area (Å²) in [7, 11) is 0. The van der Waals surface area contributed by atoms with E-state index in [-0.39, 0.29) is 5.56 Å². The van der Waals surface area contributed by atoms with Crippen molar-refractivity contribution >= 4 is 29.5 Å². The van der Waals surface area contributed by atoms with Crippen LogP contribution in [0.15, 0.2) is 47.5 Å². The third-order valence-electron chi connectivity index (χ3n) is 2.61. The number of carboxylic acids is 1. The van der Waals surface area contributed by atoms with Gasteiger partial charge in [0.05, 0.1) is 16.3 Å². The Hall–Kier alpha value is -2.13. The van der Waals surface area contributed by atoms with Crippen molar-refractivity contribution in [2.24, 2.45) is 4.99 Å². The molecule has 0 amide bonds. The van der Waals surface area contributed by atoms with E-state index in [1.54, 1.807) is 30.5 Å². The molecule has 0 aliphatic heterocycles. The minimum atomic E-state index is -0.940. The molecule has 0 aliphatic carbocycles. The standard InChI is InChI=1S/C15H12ClNO2/c1-10-2-7-14(13(16)8-10)17-9-11-3-5-12(6-4-11)15(18)19/h2-9H,1H3,(H,18,19). The van der Waals surface area contributed by atoms with Gasteiger partial charge in [-0.15, -0.1) is 0 Å². The van der Waals surface area contributed by atoms with Crippen LogP contribution in [0.1, 0.15) is 21.5 Å². The molecule has 0 aromatic heterocycles. The summed E-state index contributed by atoms with van der Waals surface area (Å²) in [5.74, 6) is -0.940. The zero-order valence-corrected chi connectivity index (χ0v) is 11.1. The van der Waals surface area contributed by atoms with Crippen molar-refractivity contribution in [2.75, 3.05) is 0 Å². The van der Waals surface area contributed by atoms with Crippen LogP contribution in [-0.2, 0) is 0 Å². The van der Waals surface area contributed by atoms with E-state index in [0.29, 0.717) is 10.7 Å². The van der Waals surface area contributed by atoms with Crippen molar-refractivity contribution in [3.8, 4) is 0 Å². The fraction of sp³-hybridized carbons (Fsp3) is 0.0667. The Kier molecular flexibility index (Phi) is 3.97. The molecule has 2 aromatic carbocycles. The Morgan fingerprint density at radius 1 is 1.21 bits per heavy atom. The minimum Gasteiger partial charge on any atom is -0.478 e. The Balaban J connectivity index is 2.20. The Morgan fingerprint density at radius 3 is 2.47 bits per heavy atom. The number of benzene rings is 2. The van der Waals surface area contributed by atoms with Crippen LogP contribution in [0.3, 0.4) is 0 Å². The van der Waals surface area contributed by atoms with Gasteiger partial charge in [0.15, 0.2) is 0 Å². The van der Waals surface area contributed by atoms with Gasteiger partial charge in [-0.05, 0) is 42.3 Å². The molecule has 2 aromatic rings. The molecule has 2 rings (SSSR count). The summed E-state index contributed by atoms with van der Waals surface area (Å²) in [6.07, 6.45) is 1.65. The molecule has 0 saturated heterocycles. The zero-order valence-electron chi connectivity index (χ0n) is 10.3. The molecule has 3 nitrogen and oxygen atoms in total. The highest BCUT2D eigenvalue weighted by Crippen LogP contribution is 2.25. The first-order chi connectivity index (χ1) is 9.06. The second-order valence-corrected chi connectivity index (χ2v) is 4.55. The maximum atomic E-state index is 10.7. The average molecular weight is 274 g/mol. The highest BCUT2D eigenvalue weighted by molar-refractivity contribution is 6.33. The molecule has 0 radical (unpaired) electrons. The molecule has 0 saturated carbocycles. The quantitative estimate of drug-likeness (QED) is 0.856. The highest BCUT2D eigenvalue weighted by Gasteiger charge is 2.01. The Morgan fingerprint density at radius 2 is 1.89 bits per heavy atom. The predicted octanol–water partition coefficient (Wildman–Crippen LogP) is 4.10. The van der Waals surface area contributed by atoms with Crippen molar-refractivity contribution in [1.82, 2.24) is 0 Å². The molecule has 96 valence electrons. The molecule has 0 unspecified atom stereocenters. The van der Waals surface area contributed by atoms with E-state index in [1.165, 1.54) is 0 Å². The van der Waals surface area contributed by atoms with Gasteiger partial charge in [0.25, 0.3) is 0 Å². The topological polar surface area (TPSA) is 49.7 Å². The van der Waals surface area contributed by atoms with E-state index in [0.717, 1.165) is 11.1 Å². The Bertz CT molecular complexity index is 633. The van der Waals surface area contributed by atoms with Gasteiger partial charge in [-0.2, -0.15) is 0 Å². The van der Waals surface area contributed by atoms with Crippen molar-refractivity contribution in [3.63, 3.8) is 0 Å². The largest absolute Gasteiger partial charge is 0.478 e. The van der Waals surface area contributed by atoms with Crippen LogP contribution in [0, 0.1) is 6.92 Å². The third kappa shape index (κ3) is 3.42. The van der Waals surface area contributed by atoms with Gasteiger partial charge in [-0.25, -0.2) is 4.79 Å². The van der Waals surface area contributed by atoms with E-state index in [1.807, 2.05) is 25.1 Å². The molecule has 1 N–H and O–H groups in total. The van der Waals surface area contributed by atoms with E-state index in [2.05, 4.69) is 4.99 Å². The van der Waals surface area contributed by atoms with E-state index >= 15 is 0 Å². The number of rotatable bonds is 3. The first kappa shape index (κ1) is 13.3. The lowest BCUT2D eigenvalue weighted by molar-refractivity contribution is 0.0697. The summed E-state index contributed by atoms with van der Waals surface area (Å²) in [5.41, 5.74) is 2.84. The summed E-state index contributed by atoms with van der Waals surface area (Å²) in [5, 5.41) is 9.39. The minimum absolute atomic E-state index is 0.255. The first-order valence-corrected chi connectivity index (χ1v) is 6.07. The summed E-state index contributed by atoms with van der Waals surface area (Å²) in [6, 6.07) is 12.1. The fourth-order valence-corrected chi connectivity index (χ4v) is 1.86. The predicted molar refractivity (Wildman–Crippen MR) is 76.8 cm³/mol. The number of nitrogens with zero attached hydrogens (tertiary/aromatic N) is 1. The molecule has 4 heteroatoms. The molecule has 0 aliphatic rings. The van der Waals surface area contributed by atoms with Crippen LogP contribution >= 0.6 is 11.6 Å². The van der Waals surface area contributed by atoms with Gasteiger partial charge >= 0.3 is 5.97 Å². The average Bonchev–Trinajstić information content (AvgIpc) is 2.38. The molecular weight excluding hydrogens is 262 g/mol. The van der Waals surface area contributed by atoms with Crippen LogP contribution in [0.2, 0.25) is 5.02 Å². The van der Waals surface area contributed by atoms with Gasteiger partial charge in [-0.3, -0.25) is 4.99 Å². The maximum Gasteiger partial charge on any atom is 0.335 e. The van der Waals surface area contributed by atoms with Crippen LogP contribution in [0.25, 0.3) is 0 Å². The fourth-order valence-electron chi connectivity index (χ4n) is 1.57. The van der Waals surface area contributed by atoms with Crippen LogP contribution in [0.4, 0.5) is 5.69 Å². The van der Waals surface area contributed by atoms with Gasteiger partial charge in [0.2, 0.25) is 0 Å². The number of aliphatic imine (C=N–C) groups is 1. The van der Waals surface area contributed by atoms with Crippen LogP contribution in [0.5, 0.6) is 0 Å². The molecule has 0 bridgehead atoms. The van der Waals surface area contributed by atoms with Crippen LogP contribution in [-0.4, -0.2) is 17.3 Å². The first-order valence-electron chi connectivity index (χ1n) is 5.70. The molecule has 0 heterocycles. The SMILES string of the molecule is Cc1ccc(N=Cc2ccc(C(=O)O)cc2)c(Cl)c1. The lowest BCUT2D eigenvalue weighted by atomic mass is 10.1. The second-order valence-electron chi connectivity index (χ2n) is 4.14. The Labute approximate surface area is 116 Å². The summed E-state index contributed by atoms with van der Waals surface area (Å²) >= 11 is 6.07. The number of aromatic carboxylic acids is 1. The molecule has 0 fully saturated rings. The van der Waals surface area contributed by atoms with Gasteiger partial charge < -0.3 is 5.11 Å². The number of hydrogen-bond donors (Lipinski definition) is 1. The monoisotopic (exact) mass is 273 g/mol. The maximum absolute atomic E-state index is 10.7. The summed E-state index contributed by atoms with van der Waals surface area (Å²) in [6.45, 7) is 1.96. The van der Waals surface area contributed by atoms with Gasteiger partial charge in [0, 0.05) is 6.21 Å². The van der Waals surface area contributed by atoms with Crippen molar-refractivity contribution in [3.05, 3.63) is 64.2 Å². The van der Waals surface area contributed by atoms with Crippen LogP contribution < -0.4 is 0 Å². The smallest absolute Gasteiger partial charge is 0.335 e. The summed E-state index contributed by atoms with van der Waals surface area (Å²) < 4.78 is 0. The normalized spacial score (nSPS) is 10.8. The van der Waals surface area contributed by atoms with Gasteiger partial charge in [0.1, 0.15) is 0 Å². The van der Waals surface area contributed by atoms with Gasteiger partial charge in [-0.1, -0.05) is 29.8 Å². The second kappa shape index (κ2) is 5.67. The summed E-state index contributed by atoms with van der Waals surface area (Å²) in [4.78, 5) is 15.0. The van der Waals surface area contributed by atoms with Crippen molar-refractivity contribution in [1.29, 1.82) is 0 Å². The van der Waals surface area contributed by atoms with E-state index in [9.17, 15) is 4.79 Å². The number of carboxylic acid groups (broad SMARTS) is 1. The lowest BCUT2D eigenvalue weighted by Gasteiger charge is -1.99. The third-order valence-corrected chi connectivity index (χ3v) is 2.92.